The highest BCUT2D eigenvalue weighted by Crippen LogP contribution is 2.19. The molecule has 0 aromatic carbocycles. The molecule has 0 amide bonds. The molecule has 2 heterocycles. The Morgan fingerprint density at radius 1 is 1.31 bits per heavy atom. The molecule has 1 aromatic heterocycles. The van der Waals surface area contributed by atoms with Gasteiger partial charge in [-0.3, -0.25) is 4.90 Å². The molecule has 1 N–H and O–H groups in total. The summed E-state index contributed by atoms with van der Waals surface area (Å²) in [5.74, 6) is 0. The van der Waals surface area contributed by atoms with Crippen LogP contribution in [-0.4, -0.2) is 53.1 Å². The van der Waals surface area contributed by atoms with Crippen LogP contribution in [0.15, 0.2) is 18.3 Å². The summed E-state index contributed by atoms with van der Waals surface area (Å²) in [7, 11) is 2.09. The first kappa shape index (κ1) is 11.8. The summed E-state index contributed by atoms with van der Waals surface area (Å²) < 4.78 is 0. The van der Waals surface area contributed by atoms with E-state index in [1.165, 1.54) is 0 Å². The molecule has 0 radical (unpaired) electrons. The van der Waals surface area contributed by atoms with Gasteiger partial charge in [0.15, 0.2) is 0 Å². The molecule has 0 spiro atoms. The summed E-state index contributed by atoms with van der Waals surface area (Å²) in [5.41, 5.74) is 0.800. The van der Waals surface area contributed by atoms with Gasteiger partial charge in [0, 0.05) is 37.9 Å². The molecule has 4 nitrogen and oxygen atoms in total. The van der Waals surface area contributed by atoms with Gasteiger partial charge in [-0.1, -0.05) is 17.7 Å². The maximum Gasteiger partial charge on any atom is 0.135 e. The molecule has 88 valence electrons. The van der Waals surface area contributed by atoms with E-state index < -0.39 is 6.23 Å². The first-order chi connectivity index (χ1) is 7.66. The largest absolute Gasteiger partial charge is 0.374 e. The van der Waals surface area contributed by atoms with Crippen molar-refractivity contribution >= 4 is 11.6 Å². The molecule has 1 aromatic rings. The lowest BCUT2D eigenvalue weighted by atomic mass is 10.2. The van der Waals surface area contributed by atoms with Crippen molar-refractivity contribution in [2.75, 3.05) is 33.2 Å². The van der Waals surface area contributed by atoms with E-state index in [1.54, 1.807) is 12.3 Å². The van der Waals surface area contributed by atoms with Gasteiger partial charge in [-0.05, 0) is 13.1 Å². The molecule has 0 saturated carbocycles. The number of hydrogen-bond acceptors (Lipinski definition) is 4. The van der Waals surface area contributed by atoms with Crippen molar-refractivity contribution < 1.29 is 5.11 Å². The number of halogens is 1. The number of hydrogen-bond donors (Lipinski definition) is 1. The molecule has 0 aliphatic carbocycles. The summed E-state index contributed by atoms with van der Waals surface area (Å²) in [6.07, 6.45) is 1.06. The number of aromatic nitrogens is 1. The van der Waals surface area contributed by atoms with E-state index in [0.29, 0.717) is 5.15 Å². The van der Waals surface area contributed by atoms with Crippen molar-refractivity contribution in [3.05, 3.63) is 29.0 Å². The highest BCUT2D eigenvalue weighted by molar-refractivity contribution is 6.29. The summed E-state index contributed by atoms with van der Waals surface area (Å²) in [4.78, 5) is 8.28. The highest BCUT2D eigenvalue weighted by Gasteiger charge is 2.21. The Morgan fingerprint density at radius 2 is 2.00 bits per heavy atom. The van der Waals surface area contributed by atoms with Crippen molar-refractivity contribution in [3.8, 4) is 0 Å². The van der Waals surface area contributed by atoms with Gasteiger partial charge in [0.25, 0.3) is 0 Å². The Hall–Kier alpha value is -0.680. The van der Waals surface area contributed by atoms with Crippen LogP contribution in [0.2, 0.25) is 5.15 Å². The van der Waals surface area contributed by atoms with E-state index >= 15 is 0 Å². The Morgan fingerprint density at radius 3 is 2.56 bits per heavy atom. The van der Waals surface area contributed by atoms with Gasteiger partial charge < -0.3 is 10.0 Å². The molecule has 1 fully saturated rings. The van der Waals surface area contributed by atoms with E-state index in [1.807, 2.05) is 11.0 Å². The second-order valence-electron chi connectivity index (χ2n) is 4.13. The summed E-state index contributed by atoms with van der Waals surface area (Å²) >= 11 is 5.71. The van der Waals surface area contributed by atoms with Crippen molar-refractivity contribution in [3.63, 3.8) is 0 Å². The van der Waals surface area contributed by atoms with Gasteiger partial charge in [0.1, 0.15) is 11.4 Å². The zero-order valence-electron chi connectivity index (χ0n) is 9.30. The van der Waals surface area contributed by atoms with E-state index in [4.69, 9.17) is 11.6 Å². The molecular weight excluding hydrogens is 226 g/mol. The number of nitrogens with zero attached hydrogens (tertiary/aromatic N) is 3. The number of aliphatic hydroxyl groups is 1. The number of likely N-dealkylation sites (N-methyl/N-ethyl adjacent to an activating group) is 1. The van der Waals surface area contributed by atoms with E-state index in [0.717, 1.165) is 31.7 Å². The molecule has 2 rings (SSSR count). The molecule has 5 heteroatoms. The second kappa shape index (κ2) is 5.10. The van der Waals surface area contributed by atoms with Crippen LogP contribution in [0.4, 0.5) is 0 Å². The van der Waals surface area contributed by atoms with Crippen LogP contribution in [0, 0.1) is 0 Å². The molecule has 1 atom stereocenters. The fourth-order valence-electron chi connectivity index (χ4n) is 1.82. The first-order valence-corrected chi connectivity index (χ1v) is 5.77. The van der Waals surface area contributed by atoms with Crippen LogP contribution in [0.3, 0.4) is 0 Å². The minimum atomic E-state index is -0.571. The molecular formula is C11H16ClN3O. The SMILES string of the molecule is CN1CCN(C(O)c2ccc(Cl)nc2)CC1. The van der Waals surface area contributed by atoms with Crippen molar-refractivity contribution in [2.24, 2.45) is 0 Å². The highest BCUT2D eigenvalue weighted by atomic mass is 35.5. The topological polar surface area (TPSA) is 39.6 Å². The second-order valence-corrected chi connectivity index (χ2v) is 4.51. The van der Waals surface area contributed by atoms with Crippen LogP contribution in [0.5, 0.6) is 0 Å². The van der Waals surface area contributed by atoms with Crippen LogP contribution >= 0.6 is 11.6 Å². The monoisotopic (exact) mass is 241 g/mol. The third kappa shape index (κ3) is 2.71. The minimum Gasteiger partial charge on any atom is -0.374 e. The summed E-state index contributed by atoms with van der Waals surface area (Å²) in [6, 6.07) is 3.52. The Labute approximate surface area is 100 Å². The van der Waals surface area contributed by atoms with Crippen molar-refractivity contribution in [2.45, 2.75) is 6.23 Å². The quantitative estimate of drug-likeness (QED) is 0.784. The zero-order valence-corrected chi connectivity index (χ0v) is 10.1. The number of rotatable bonds is 2. The van der Waals surface area contributed by atoms with Gasteiger partial charge in [0.2, 0.25) is 0 Å². The summed E-state index contributed by atoms with van der Waals surface area (Å²) in [5, 5.41) is 10.6. The predicted molar refractivity (Wildman–Crippen MR) is 63.3 cm³/mol. The van der Waals surface area contributed by atoms with Crippen molar-refractivity contribution in [1.82, 2.24) is 14.8 Å². The first-order valence-electron chi connectivity index (χ1n) is 5.39. The Bertz CT molecular complexity index is 336. The Kier molecular flexibility index (Phi) is 3.76. The third-order valence-corrected chi connectivity index (χ3v) is 3.16. The molecule has 1 aliphatic heterocycles. The maximum absolute atomic E-state index is 10.1. The average Bonchev–Trinajstić information content (AvgIpc) is 2.30. The molecule has 16 heavy (non-hydrogen) atoms. The van der Waals surface area contributed by atoms with Gasteiger partial charge in [-0.25, -0.2) is 4.98 Å². The summed E-state index contributed by atoms with van der Waals surface area (Å²) in [6.45, 7) is 3.72. The lowest BCUT2D eigenvalue weighted by molar-refractivity contribution is -0.0234. The standard InChI is InChI=1S/C11H16ClN3O/c1-14-4-6-15(7-5-14)11(16)9-2-3-10(12)13-8-9/h2-3,8,11,16H,4-7H2,1H3. The smallest absolute Gasteiger partial charge is 0.135 e. The van der Waals surface area contributed by atoms with Crippen LogP contribution in [0.25, 0.3) is 0 Å². The fraction of sp³-hybridized carbons (Fsp3) is 0.545. The fourth-order valence-corrected chi connectivity index (χ4v) is 1.93. The van der Waals surface area contributed by atoms with E-state index in [9.17, 15) is 5.11 Å². The average molecular weight is 242 g/mol. The number of piperazine rings is 1. The maximum atomic E-state index is 10.1. The minimum absolute atomic E-state index is 0.453. The van der Waals surface area contributed by atoms with Crippen LogP contribution in [-0.2, 0) is 0 Å². The van der Waals surface area contributed by atoms with Gasteiger partial charge >= 0.3 is 0 Å². The van der Waals surface area contributed by atoms with Gasteiger partial charge in [-0.15, -0.1) is 0 Å². The van der Waals surface area contributed by atoms with Crippen molar-refractivity contribution in [1.29, 1.82) is 0 Å². The normalized spacial score (nSPS) is 20.9. The van der Waals surface area contributed by atoms with Gasteiger partial charge in [-0.2, -0.15) is 0 Å². The molecule has 1 unspecified atom stereocenters. The number of pyridine rings is 1. The van der Waals surface area contributed by atoms with E-state index in [2.05, 4.69) is 16.9 Å². The van der Waals surface area contributed by atoms with E-state index in [-0.39, 0.29) is 0 Å². The molecule has 1 saturated heterocycles. The third-order valence-electron chi connectivity index (χ3n) is 2.93. The Balaban J connectivity index is 2.01. The molecule has 0 bridgehead atoms. The van der Waals surface area contributed by atoms with Crippen LogP contribution < -0.4 is 0 Å². The zero-order chi connectivity index (χ0) is 11.5. The lowest BCUT2D eigenvalue weighted by Gasteiger charge is -2.35. The molecule has 1 aliphatic rings. The predicted octanol–water partition coefficient (Wildman–Crippen LogP) is 0.973. The van der Waals surface area contributed by atoms with Crippen LogP contribution in [0.1, 0.15) is 11.8 Å². The lowest BCUT2D eigenvalue weighted by Crippen LogP contribution is -2.45. The van der Waals surface area contributed by atoms with Gasteiger partial charge in [0.05, 0.1) is 0 Å². The number of aliphatic hydroxyl groups excluding tert-OH is 1.